The van der Waals surface area contributed by atoms with Gasteiger partial charge in [-0.05, 0) is 25.3 Å². The van der Waals surface area contributed by atoms with E-state index < -0.39 is 5.41 Å². The van der Waals surface area contributed by atoms with Gasteiger partial charge in [0, 0.05) is 5.57 Å². The van der Waals surface area contributed by atoms with Crippen molar-refractivity contribution in [1.29, 1.82) is 0 Å². The summed E-state index contributed by atoms with van der Waals surface area (Å²) >= 11 is 0. The number of carbonyl (C=O) groups excluding carboxylic acids is 1. The Labute approximate surface area is 121 Å². The molecule has 0 amide bonds. The summed E-state index contributed by atoms with van der Waals surface area (Å²) in [6, 6.07) is 9.73. The summed E-state index contributed by atoms with van der Waals surface area (Å²) in [6.07, 6.45) is 1.72. The fourth-order valence-corrected chi connectivity index (χ4v) is 2.10. The molecule has 1 N–H and O–H groups in total. The molecule has 1 rings (SSSR count). The first kappa shape index (κ1) is 16.4. The number of benzene rings is 1. The van der Waals surface area contributed by atoms with E-state index in [4.69, 9.17) is 4.74 Å². The minimum Gasteiger partial charge on any atom is -0.461 e. The molecule has 0 saturated heterocycles. The maximum absolute atomic E-state index is 11.8. The summed E-state index contributed by atoms with van der Waals surface area (Å²) in [7, 11) is 0. The summed E-state index contributed by atoms with van der Waals surface area (Å²) in [6.45, 7) is 7.70. The van der Waals surface area contributed by atoms with Crippen LogP contribution in [0.15, 0.2) is 42.0 Å². The van der Waals surface area contributed by atoms with Crippen molar-refractivity contribution in [2.75, 3.05) is 13.2 Å². The fraction of sp³-hybridized carbons (Fsp3) is 0.471. The lowest BCUT2D eigenvalue weighted by molar-refractivity contribution is -0.142. The van der Waals surface area contributed by atoms with E-state index in [1.54, 1.807) is 19.9 Å². The lowest BCUT2D eigenvalue weighted by Gasteiger charge is -2.35. The van der Waals surface area contributed by atoms with Gasteiger partial charge in [-0.15, -0.1) is 0 Å². The van der Waals surface area contributed by atoms with Crippen molar-refractivity contribution in [2.24, 2.45) is 5.92 Å². The molecule has 0 spiro atoms. The number of esters is 1. The van der Waals surface area contributed by atoms with E-state index in [0.717, 1.165) is 5.56 Å². The molecule has 20 heavy (non-hydrogen) atoms. The van der Waals surface area contributed by atoms with Gasteiger partial charge in [0.1, 0.15) is 6.61 Å². The number of carbonyl (C=O) groups is 1. The van der Waals surface area contributed by atoms with Crippen LogP contribution in [0.1, 0.15) is 33.3 Å². The van der Waals surface area contributed by atoms with Gasteiger partial charge in [0.15, 0.2) is 0 Å². The Balaban J connectivity index is 2.99. The molecule has 3 heteroatoms. The van der Waals surface area contributed by atoms with Gasteiger partial charge in [0.2, 0.25) is 0 Å². The van der Waals surface area contributed by atoms with Crippen LogP contribution in [0.25, 0.3) is 0 Å². The maximum Gasteiger partial charge on any atom is 0.333 e. The Morgan fingerprint density at radius 1 is 1.35 bits per heavy atom. The zero-order valence-corrected chi connectivity index (χ0v) is 12.7. The third-order valence-electron chi connectivity index (χ3n) is 3.95. The summed E-state index contributed by atoms with van der Waals surface area (Å²) < 4.78 is 5.40. The second-order valence-corrected chi connectivity index (χ2v) is 5.38. The smallest absolute Gasteiger partial charge is 0.333 e. The predicted molar refractivity (Wildman–Crippen MR) is 80.4 cm³/mol. The Hall–Kier alpha value is -1.61. The van der Waals surface area contributed by atoms with Gasteiger partial charge in [-0.25, -0.2) is 4.79 Å². The number of rotatable bonds is 6. The highest BCUT2D eigenvalue weighted by molar-refractivity contribution is 5.87. The van der Waals surface area contributed by atoms with Crippen LogP contribution in [0.4, 0.5) is 0 Å². The van der Waals surface area contributed by atoms with Crippen molar-refractivity contribution < 1.29 is 14.6 Å². The largest absolute Gasteiger partial charge is 0.461 e. The monoisotopic (exact) mass is 276 g/mol. The molecule has 0 aromatic heterocycles. The molecule has 0 fully saturated rings. The zero-order valence-electron chi connectivity index (χ0n) is 12.7. The highest BCUT2D eigenvalue weighted by Crippen LogP contribution is 2.32. The highest BCUT2D eigenvalue weighted by atomic mass is 16.5. The first-order valence-electron chi connectivity index (χ1n) is 6.94. The van der Waals surface area contributed by atoms with Crippen LogP contribution in [-0.2, 0) is 14.9 Å². The molecule has 1 aromatic rings. The molecule has 0 saturated carbocycles. The summed E-state index contributed by atoms with van der Waals surface area (Å²) in [5.74, 6) is -0.185. The lowest BCUT2D eigenvalue weighted by atomic mass is 9.73. The van der Waals surface area contributed by atoms with Crippen LogP contribution in [0.5, 0.6) is 0 Å². The van der Waals surface area contributed by atoms with Crippen molar-refractivity contribution in [2.45, 2.75) is 33.1 Å². The summed E-state index contributed by atoms with van der Waals surface area (Å²) in [5.41, 5.74) is 1.00. The van der Waals surface area contributed by atoms with Crippen LogP contribution in [0.3, 0.4) is 0 Å². The quantitative estimate of drug-likeness (QED) is 0.641. The first-order valence-corrected chi connectivity index (χ1v) is 6.94. The summed E-state index contributed by atoms with van der Waals surface area (Å²) in [5, 5.41) is 9.90. The van der Waals surface area contributed by atoms with E-state index in [1.165, 1.54) is 0 Å². The van der Waals surface area contributed by atoms with E-state index in [9.17, 15) is 9.90 Å². The molecule has 1 atom stereocenters. The average molecular weight is 276 g/mol. The van der Waals surface area contributed by atoms with Gasteiger partial charge >= 0.3 is 5.97 Å². The van der Waals surface area contributed by atoms with Crippen molar-refractivity contribution in [3.63, 3.8) is 0 Å². The standard InChI is InChI=1S/C17H24O3/c1-5-14(4)16(19)20-12-17(11-18,13(2)3)15-9-7-6-8-10-15/h5-10,13,18H,11-12H2,1-4H3. The third-order valence-corrected chi connectivity index (χ3v) is 3.95. The molecule has 0 radical (unpaired) electrons. The number of aliphatic hydroxyl groups is 1. The van der Waals surface area contributed by atoms with Gasteiger partial charge in [0.05, 0.1) is 12.0 Å². The number of hydrogen-bond donors (Lipinski definition) is 1. The van der Waals surface area contributed by atoms with Crippen molar-refractivity contribution >= 4 is 5.97 Å². The van der Waals surface area contributed by atoms with E-state index >= 15 is 0 Å². The van der Waals surface area contributed by atoms with Gasteiger partial charge < -0.3 is 9.84 Å². The number of aliphatic hydroxyl groups excluding tert-OH is 1. The number of ether oxygens (including phenoxy) is 1. The van der Waals surface area contributed by atoms with Crippen LogP contribution in [0.2, 0.25) is 0 Å². The van der Waals surface area contributed by atoms with Gasteiger partial charge in [-0.2, -0.15) is 0 Å². The highest BCUT2D eigenvalue weighted by Gasteiger charge is 2.36. The normalized spacial score (nSPS) is 15.0. The topological polar surface area (TPSA) is 46.5 Å². The Morgan fingerprint density at radius 2 is 1.95 bits per heavy atom. The Morgan fingerprint density at radius 3 is 2.40 bits per heavy atom. The molecule has 110 valence electrons. The molecule has 0 aliphatic heterocycles. The predicted octanol–water partition coefficient (Wildman–Crippen LogP) is 3.08. The van der Waals surface area contributed by atoms with Crippen LogP contribution in [-0.4, -0.2) is 24.3 Å². The molecule has 0 aliphatic rings. The minimum atomic E-state index is -0.565. The SMILES string of the molecule is CC=C(C)C(=O)OCC(CO)(c1ccccc1)C(C)C. The maximum atomic E-state index is 11.8. The molecular formula is C17H24O3. The van der Waals surface area contributed by atoms with Crippen LogP contribution < -0.4 is 0 Å². The van der Waals surface area contributed by atoms with Gasteiger partial charge in [-0.3, -0.25) is 0 Å². The Bertz CT molecular complexity index is 462. The van der Waals surface area contributed by atoms with E-state index in [0.29, 0.717) is 5.57 Å². The molecule has 3 nitrogen and oxygen atoms in total. The zero-order chi connectivity index (χ0) is 15.2. The summed E-state index contributed by atoms with van der Waals surface area (Å²) in [4.78, 5) is 11.8. The molecule has 1 unspecified atom stereocenters. The molecule has 0 aliphatic carbocycles. The number of allylic oxidation sites excluding steroid dienone is 1. The lowest BCUT2D eigenvalue weighted by Crippen LogP contribution is -2.42. The third kappa shape index (κ3) is 3.48. The van der Waals surface area contributed by atoms with Gasteiger partial charge in [0.25, 0.3) is 0 Å². The minimum absolute atomic E-state index is 0.0587. The molecule has 0 heterocycles. The van der Waals surface area contributed by atoms with Crippen LogP contribution >= 0.6 is 0 Å². The molecular weight excluding hydrogens is 252 g/mol. The fourth-order valence-electron chi connectivity index (χ4n) is 2.10. The molecule has 1 aromatic carbocycles. The second kappa shape index (κ2) is 7.25. The van der Waals surface area contributed by atoms with Crippen molar-refractivity contribution in [3.05, 3.63) is 47.5 Å². The first-order chi connectivity index (χ1) is 9.47. The van der Waals surface area contributed by atoms with E-state index in [-0.39, 0.29) is 25.1 Å². The van der Waals surface area contributed by atoms with Crippen molar-refractivity contribution in [1.82, 2.24) is 0 Å². The Kier molecular flexibility index (Phi) is 5.96. The number of hydrogen-bond acceptors (Lipinski definition) is 3. The average Bonchev–Trinajstić information content (AvgIpc) is 2.48. The van der Waals surface area contributed by atoms with E-state index in [1.807, 2.05) is 44.2 Å². The van der Waals surface area contributed by atoms with Gasteiger partial charge in [-0.1, -0.05) is 50.3 Å². The van der Waals surface area contributed by atoms with E-state index in [2.05, 4.69) is 0 Å². The van der Waals surface area contributed by atoms with Crippen molar-refractivity contribution in [3.8, 4) is 0 Å². The second-order valence-electron chi connectivity index (χ2n) is 5.38. The van der Waals surface area contributed by atoms with Crippen LogP contribution in [0, 0.1) is 5.92 Å². The molecule has 0 bridgehead atoms.